The molecule has 3 heterocycles. The lowest BCUT2D eigenvalue weighted by atomic mass is 9.71. The molecule has 3 rings (SSSR count). The van der Waals surface area contributed by atoms with Gasteiger partial charge in [-0.05, 0) is 39.0 Å². The van der Waals surface area contributed by atoms with Crippen LogP contribution in [0.3, 0.4) is 0 Å². The molecule has 0 aromatic rings. The third-order valence-electron chi connectivity index (χ3n) is 6.84. The molecule has 7 nitrogen and oxygen atoms in total. The van der Waals surface area contributed by atoms with Gasteiger partial charge in [-0.3, -0.25) is 14.4 Å². The second kappa shape index (κ2) is 8.54. The summed E-state index contributed by atoms with van der Waals surface area (Å²) in [7, 11) is 0. The molecule has 2 N–H and O–H groups in total. The topological polar surface area (TPSA) is 98.2 Å². The Morgan fingerprint density at radius 3 is 2.53 bits per heavy atom. The highest BCUT2D eigenvalue weighted by Crippen LogP contribution is 2.66. The summed E-state index contributed by atoms with van der Waals surface area (Å²) >= 11 is 1.53. The largest absolute Gasteiger partial charge is 0.481 e. The van der Waals surface area contributed by atoms with Gasteiger partial charge in [-0.25, -0.2) is 0 Å². The number of aliphatic hydroxyl groups is 1. The van der Waals surface area contributed by atoms with Gasteiger partial charge in [0.2, 0.25) is 11.8 Å². The summed E-state index contributed by atoms with van der Waals surface area (Å²) in [5.41, 5.74) is 0. The predicted molar refractivity (Wildman–Crippen MR) is 116 cm³/mol. The fraction of sp³-hybridized carbons (Fsp3) is 0.773. The number of carbonyl (C=O) groups excluding carboxylic acids is 2. The first-order valence-corrected chi connectivity index (χ1v) is 11.7. The van der Waals surface area contributed by atoms with Crippen molar-refractivity contribution in [3.63, 3.8) is 0 Å². The molecule has 0 aromatic carbocycles. The van der Waals surface area contributed by atoms with Gasteiger partial charge < -0.3 is 20.0 Å². The van der Waals surface area contributed by atoms with Crippen LogP contribution >= 0.6 is 11.8 Å². The van der Waals surface area contributed by atoms with E-state index in [4.69, 9.17) is 0 Å². The van der Waals surface area contributed by atoms with E-state index in [1.54, 1.807) is 15.9 Å². The maximum Gasteiger partial charge on any atom is 0.308 e. The number of carboxylic acid groups (broad SMARTS) is 1. The monoisotopic (exact) mass is 438 g/mol. The molecule has 0 radical (unpaired) electrons. The highest BCUT2D eigenvalue weighted by atomic mass is 32.2. The highest BCUT2D eigenvalue weighted by molar-refractivity contribution is 8.02. The van der Waals surface area contributed by atoms with Crippen molar-refractivity contribution in [1.29, 1.82) is 0 Å². The maximum atomic E-state index is 13.9. The Balaban J connectivity index is 2.10. The molecule has 3 fully saturated rings. The first-order valence-electron chi connectivity index (χ1n) is 10.9. The summed E-state index contributed by atoms with van der Waals surface area (Å²) in [6.45, 7) is 11.8. The van der Waals surface area contributed by atoms with E-state index in [0.717, 1.165) is 0 Å². The molecular weight excluding hydrogens is 404 g/mol. The van der Waals surface area contributed by atoms with E-state index in [1.165, 1.54) is 11.8 Å². The Morgan fingerprint density at radius 2 is 2.03 bits per heavy atom. The zero-order valence-electron chi connectivity index (χ0n) is 18.3. The molecule has 6 atom stereocenters. The summed E-state index contributed by atoms with van der Waals surface area (Å²) in [6, 6.07) is -1.34. The van der Waals surface area contributed by atoms with Gasteiger partial charge in [0.05, 0.1) is 29.2 Å². The summed E-state index contributed by atoms with van der Waals surface area (Å²) in [6.07, 6.45) is 3.57. The van der Waals surface area contributed by atoms with Crippen LogP contribution in [0.4, 0.5) is 0 Å². The Hall–Kier alpha value is -1.54. The van der Waals surface area contributed by atoms with E-state index in [9.17, 15) is 24.6 Å². The second-order valence-corrected chi connectivity index (χ2v) is 11.1. The Morgan fingerprint density at radius 1 is 1.37 bits per heavy atom. The maximum absolute atomic E-state index is 13.9. The van der Waals surface area contributed by atoms with Crippen molar-refractivity contribution >= 4 is 29.5 Å². The van der Waals surface area contributed by atoms with E-state index in [1.807, 2.05) is 27.7 Å². The van der Waals surface area contributed by atoms with Gasteiger partial charge in [-0.2, -0.15) is 0 Å². The number of hydrogen-bond acceptors (Lipinski definition) is 5. The number of aliphatic carboxylic acids is 1. The second-order valence-electron chi connectivity index (χ2n) is 9.48. The number of amides is 2. The lowest BCUT2D eigenvalue weighted by Crippen LogP contribution is -2.58. The molecule has 2 bridgehead atoms. The van der Waals surface area contributed by atoms with Gasteiger partial charge >= 0.3 is 5.97 Å². The lowest BCUT2D eigenvalue weighted by molar-refractivity contribution is -0.150. The smallest absolute Gasteiger partial charge is 0.308 e. The fourth-order valence-corrected chi connectivity index (χ4v) is 7.91. The number of hydrogen-bond donors (Lipinski definition) is 2. The van der Waals surface area contributed by atoms with Crippen molar-refractivity contribution in [1.82, 2.24) is 9.80 Å². The van der Waals surface area contributed by atoms with Crippen LogP contribution in [0.5, 0.6) is 0 Å². The number of fused-ring (bicyclic) bond motifs is 1. The van der Waals surface area contributed by atoms with Crippen molar-refractivity contribution in [3.8, 4) is 0 Å². The van der Waals surface area contributed by atoms with Crippen molar-refractivity contribution in [2.75, 3.05) is 13.2 Å². The van der Waals surface area contributed by atoms with Crippen LogP contribution in [-0.4, -0.2) is 79.1 Å². The molecule has 0 saturated carbocycles. The van der Waals surface area contributed by atoms with Crippen molar-refractivity contribution < 1.29 is 24.6 Å². The van der Waals surface area contributed by atoms with E-state index < -0.39 is 34.6 Å². The molecule has 8 heteroatoms. The minimum absolute atomic E-state index is 0.0838. The summed E-state index contributed by atoms with van der Waals surface area (Å²) in [4.78, 5) is 42.9. The Bertz CT molecular complexity index is 726. The molecule has 3 saturated heterocycles. The third kappa shape index (κ3) is 3.45. The third-order valence-corrected chi connectivity index (χ3v) is 8.79. The molecule has 3 aliphatic heterocycles. The number of aliphatic hydroxyl groups excluding tert-OH is 1. The number of nitrogens with zero attached hydrogens (tertiary/aromatic N) is 2. The van der Waals surface area contributed by atoms with E-state index >= 15 is 0 Å². The van der Waals surface area contributed by atoms with E-state index in [-0.39, 0.29) is 35.6 Å². The van der Waals surface area contributed by atoms with Gasteiger partial charge in [0, 0.05) is 17.8 Å². The van der Waals surface area contributed by atoms with Crippen LogP contribution < -0.4 is 0 Å². The molecule has 2 amide bonds. The first-order chi connectivity index (χ1) is 14.1. The van der Waals surface area contributed by atoms with E-state index in [0.29, 0.717) is 25.8 Å². The fourth-order valence-electron chi connectivity index (χ4n) is 5.72. The Labute approximate surface area is 182 Å². The number of rotatable bonds is 9. The molecule has 0 aliphatic carbocycles. The van der Waals surface area contributed by atoms with Crippen molar-refractivity contribution in [3.05, 3.63) is 12.7 Å². The lowest BCUT2D eigenvalue weighted by Gasteiger charge is -2.41. The summed E-state index contributed by atoms with van der Waals surface area (Å²) in [5, 5.41) is 19.9. The van der Waals surface area contributed by atoms with Gasteiger partial charge in [0.1, 0.15) is 6.04 Å². The minimum Gasteiger partial charge on any atom is -0.481 e. The normalized spacial score (nSPS) is 33.3. The SMILES string of the molecule is C=CCN(C(=O)C1N([C@@H](CO)CC(C)C)C(=O)[C@@H]2[C@H](C(=O)O)[C@@H]3CCC12S3)C(C)C. The van der Waals surface area contributed by atoms with Gasteiger partial charge in [-0.15, -0.1) is 18.3 Å². The van der Waals surface area contributed by atoms with Crippen LogP contribution in [-0.2, 0) is 14.4 Å². The Kier molecular flexibility index (Phi) is 6.58. The standard InChI is InChI=1S/C22H34N2O5S/c1-6-9-23(13(4)5)20(27)18-22-8-7-15(30-22)16(21(28)29)17(22)19(26)24(18)14(11-25)10-12(2)3/h6,12-18,25H,1,7-11H2,2-5H3,(H,28,29)/t14-,15+,16-,17+,18?,22?/m1/s1. The zero-order valence-corrected chi connectivity index (χ0v) is 19.1. The quantitative estimate of drug-likeness (QED) is 0.534. The minimum atomic E-state index is -0.961. The van der Waals surface area contributed by atoms with Gasteiger partial charge in [-0.1, -0.05) is 19.9 Å². The number of likely N-dealkylation sites (tertiary alicyclic amines) is 1. The predicted octanol–water partition coefficient (Wildman–Crippen LogP) is 1.99. The summed E-state index contributed by atoms with van der Waals surface area (Å²) in [5.74, 6) is -2.68. The van der Waals surface area contributed by atoms with Crippen LogP contribution in [0.25, 0.3) is 0 Å². The number of thioether (sulfide) groups is 1. The zero-order chi connectivity index (χ0) is 22.4. The summed E-state index contributed by atoms with van der Waals surface area (Å²) < 4.78 is -0.736. The van der Waals surface area contributed by atoms with Gasteiger partial charge in [0.15, 0.2) is 0 Å². The van der Waals surface area contributed by atoms with Crippen LogP contribution in [0.2, 0.25) is 0 Å². The molecule has 168 valence electrons. The molecule has 30 heavy (non-hydrogen) atoms. The number of carboxylic acids is 1. The van der Waals surface area contributed by atoms with Crippen LogP contribution in [0.15, 0.2) is 12.7 Å². The van der Waals surface area contributed by atoms with Crippen LogP contribution in [0, 0.1) is 17.8 Å². The average Bonchev–Trinajstić information content (AvgIpc) is 3.30. The van der Waals surface area contributed by atoms with Crippen molar-refractivity contribution in [2.45, 2.75) is 75.1 Å². The first kappa shape index (κ1) is 23.1. The molecule has 0 aromatic heterocycles. The van der Waals surface area contributed by atoms with Crippen LogP contribution in [0.1, 0.15) is 47.0 Å². The van der Waals surface area contributed by atoms with E-state index in [2.05, 4.69) is 6.58 Å². The highest BCUT2D eigenvalue weighted by Gasteiger charge is 2.74. The van der Waals surface area contributed by atoms with Gasteiger partial charge in [0.25, 0.3) is 0 Å². The average molecular weight is 439 g/mol. The number of carbonyl (C=O) groups is 3. The molecule has 1 spiro atoms. The molecule has 3 aliphatic rings. The molecular formula is C22H34N2O5S. The molecule has 2 unspecified atom stereocenters. The van der Waals surface area contributed by atoms with Crippen molar-refractivity contribution in [2.24, 2.45) is 17.8 Å².